The van der Waals surface area contributed by atoms with Crippen molar-refractivity contribution in [1.29, 1.82) is 0 Å². The highest BCUT2D eigenvalue weighted by atomic mass is 35.5. The lowest BCUT2D eigenvalue weighted by atomic mass is 10.2. The summed E-state index contributed by atoms with van der Waals surface area (Å²) in [5, 5.41) is 2.77. The van der Waals surface area contributed by atoms with Crippen LogP contribution in [0.3, 0.4) is 0 Å². The van der Waals surface area contributed by atoms with Gasteiger partial charge in [0, 0.05) is 23.5 Å². The molecule has 0 bridgehead atoms. The fourth-order valence-corrected chi connectivity index (χ4v) is 1.75. The third-order valence-electron chi connectivity index (χ3n) is 2.60. The van der Waals surface area contributed by atoms with Crippen molar-refractivity contribution in [2.45, 2.75) is 6.61 Å². The molecule has 0 aliphatic heterocycles. The first kappa shape index (κ1) is 15.0. The van der Waals surface area contributed by atoms with Gasteiger partial charge in [0.05, 0.1) is 0 Å². The summed E-state index contributed by atoms with van der Waals surface area (Å²) in [6.45, 7) is 3.42. The summed E-state index contributed by atoms with van der Waals surface area (Å²) in [6.07, 6.45) is 2.66. The molecular weight excluding hydrogens is 295 g/mol. The Hall–Kier alpha value is -2.40. The summed E-state index contributed by atoms with van der Waals surface area (Å²) in [5.74, 6) is -0.936. The molecule has 0 atom stereocenters. The van der Waals surface area contributed by atoms with E-state index in [1.165, 1.54) is 18.2 Å². The average molecular weight is 307 g/mol. The minimum atomic E-state index is -0.586. The Balaban J connectivity index is 2.06. The zero-order chi connectivity index (χ0) is 15.2. The predicted molar refractivity (Wildman–Crippen MR) is 78.8 cm³/mol. The molecule has 1 heterocycles. The van der Waals surface area contributed by atoms with Gasteiger partial charge in [0.2, 0.25) is 5.91 Å². The molecule has 1 N–H and O–H groups in total. The molecule has 0 radical (unpaired) electrons. The van der Waals surface area contributed by atoms with Gasteiger partial charge in [-0.1, -0.05) is 24.2 Å². The molecule has 0 aliphatic rings. The normalized spacial score (nSPS) is 10.0. The van der Waals surface area contributed by atoms with Gasteiger partial charge in [-0.3, -0.25) is 4.79 Å². The van der Waals surface area contributed by atoms with Crippen molar-refractivity contribution in [3.8, 4) is 5.75 Å². The van der Waals surface area contributed by atoms with E-state index in [0.717, 1.165) is 6.08 Å². The minimum Gasteiger partial charge on any atom is -0.486 e. The minimum absolute atomic E-state index is 0.0616. The smallest absolute Gasteiger partial charge is 0.247 e. The fourth-order valence-electron chi connectivity index (χ4n) is 1.57. The van der Waals surface area contributed by atoms with Crippen LogP contribution in [0.25, 0.3) is 0 Å². The Kier molecular flexibility index (Phi) is 4.90. The maximum Gasteiger partial charge on any atom is 0.247 e. The van der Waals surface area contributed by atoms with E-state index in [1.807, 2.05) is 0 Å². The predicted octanol–water partition coefficient (Wildman–Crippen LogP) is 3.58. The number of hydrogen-bond acceptors (Lipinski definition) is 3. The number of anilines is 1. The van der Waals surface area contributed by atoms with E-state index in [9.17, 15) is 9.18 Å². The molecule has 6 heteroatoms. The summed E-state index contributed by atoms with van der Waals surface area (Å²) in [7, 11) is 0. The number of pyridine rings is 1. The Bertz CT molecular complexity index is 676. The second-order valence-corrected chi connectivity index (χ2v) is 4.44. The van der Waals surface area contributed by atoms with Crippen molar-refractivity contribution in [1.82, 2.24) is 4.98 Å². The first-order chi connectivity index (χ1) is 10.1. The van der Waals surface area contributed by atoms with Crippen molar-refractivity contribution in [2.75, 3.05) is 5.32 Å². The maximum absolute atomic E-state index is 13.9. The summed E-state index contributed by atoms with van der Waals surface area (Å²) >= 11 is 5.89. The van der Waals surface area contributed by atoms with Crippen LogP contribution in [0, 0.1) is 5.82 Å². The number of aromatic nitrogens is 1. The molecule has 1 amide bonds. The lowest BCUT2D eigenvalue weighted by Crippen LogP contribution is -2.07. The number of benzene rings is 1. The standard InChI is InChI=1S/C15H12ClFN2O2/c1-2-14(20)19-11-5-6-13(12(17)8-11)21-9-10-4-3-7-18-15(10)16/h2-8H,1,9H2,(H,19,20). The third-order valence-corrected chi connectivity index (χ3v) is 2.94. The SMILES string of the molecule is C=CC(=O)Nc1ccc(OCc2cccnc2Cl)c(F)c1. The number of rotatable bonds is 5. The highest BCUT2D eigenvalue weighted by Crippen LogP contribution is 2.23. The Morgan fingerprint density at radius 3 is 2.95 bits per heavy atom. The van der Waals surface area contributed by atoms with Gasteiger partial charge in [0.1, 0.15) is 11.8 Å². The molecule has 1 aromatic heterocycles. The third kappa shape index (κ3) is 4.03. The number of ether oxygens (including phenoxy) is 1. The zero-order valence-corrected chi connectivity index (χ0v) is 11.7. The molecule has 108 valence electrons. The van der Waals surface area contributed by atoms with E-state index in [0.29, 0.717) is 16.4 Å². The van der Waals surface area contributed by atoms with Crippen LogP contribution in [0.1, 0.15) is 5.56 Å². The van der Waals surface area contributed by atoms with Gasteiger partial charge in [0.15, 0.2) is 11.6 Å². The largest absolute Gasteiger partial charge is 0.486 e. The molecule has 0 aliphatic carbocycles. The monoisotopic (exact) mass is 306 g/mol. The lowest BCUT2D eigenvalue weighted by molar-refractivity contribution is -0.111. The summed E-state index contributed by atoms with van der Waals surface area (Å²) < 4.78 is 19.2. The number of amides is 1. The molecule has 1 aromatic carbocycles. The fraction of sp³-hybridized carbons (Fsp3) is 0.0667. The molecule has 0 saturated heterocycles. The number of halogens is 2. The topological polar surface area (TPSA) is 51.2 Å². The number of carbonyl (C=O) groups is 1. The van der Waals surface area contributed by atoms with Crippen molar-refractivity contribution < 1.29 is 13.9 Å². The second kappa shape index (κ2) is 6.85. The molecule has 2 aromatic rings. The van der Waals surface area contributed by atoms with Crippen molar-refractivity contribution in [3.63, 3.8) is 0 Å². The average Bonchev–Trinajstić information content (AvgIpc) is 2.48. The molecule has 0 spiro atoms. The number of carbonyl (C=O) groups excluding carboxylic acids is 1. The quantitative estimate of drug-likeness (QED) is 0.678. The summed E-state index contributed by atoms with van der Waals surface area (Å²) in [6, 6.07) is 7.59. The second-order valence-electron chi connectivity index (χ2n) is 4.08. The molecule has 21 heavy (non-hydrogen) atoms. The highest BCUT2D eigenvalue weighted by molar-refractivity contribution is 6.30. The maximum atomic E-state index is 13.9. The highest BCUT2D eigenvalue weighted by Gasteiger charge is 2.08. The van der Waals surface area contributed by atoms with Crippen LogP contribution >= 0.6 is 11.6 Å². The Morgan fingerprint density at radius 2 is 2.29 bits per heavy atom. The van der Waals surface area contributed by atoms with Gasteiger partial charge in [-0.25, -0.2) is 9.37 Å². The molecule has 0 saturated carbocycles. The van der Waals surface area contributed by atoms with Crippen molar-refractivity contribution in [3.05, 3.63) is 65.7 Å². The molecule has 4 nitrogen and oxygen atoms in total. The van der Waals surface area contributed by atoms with Gasteiger partial charge in [-0.05, 0) is 24.3 Å². The molecule has 2 rings (SSSR count). The zero-order valence-electron chi connectivity index (χ0n) is 11.0. The molecular formula is C15H12ClFN2O2. The summed E-state index contributed by atoms with van der Waals surface area (Å²) in [4.78, 5) is 15.0. The van der Waals surface area contributed by atoms with Gasteiger partial charge < -0.3 is 10.1 Å². The van der Waals surface area contributed by atoms with Crippen LogP contribution in [-0.2, 0) is 11.4 Å². The van der Waals surface area contributed by atoms with Crippen LogP contribution in [0.2, 0.25) is 5.15 Å². The summed E-state index contributed by atoms with van der Waals surface area (Å²) in [5.41, 5.74) is 0.978. The van der Waals surface area contributed by atoms with E-state index >= 15 is 0 Å². The van der Waals surface area contributed by atoms with E-state index in [4.69, 9.17) is 16.3 Å². The van der Waals surface area contributed by atoms with Crippen molar-refractivity contribution >= 4 is 23.2 Å². The van der Waals surface area contributed by atoms with Gasteiger partial charge >= 0.3 is 0 Å². The number of nitrogens with one attached hydrogen (secondary N) is 1. The van der Waals surface area contributed by atoms with Gasteiger partial charge in [-0.2, -0.15) is 0 Å². The van der Waals surface area contributed by atoms with Gasteiger partial charge in [-0.15, -0.1) is 0 Å². The molecule has 0 fully saturated rings. The first-order valence-electron chi connectivity index (χ1n) is 6.05. The van der Waals surface area contributed by atoms with Crippen LogP contribution in [0.4, 0.5) is 10.1 Å². The molecule has 0 unspecified atom stereocenters. The Labute approximate surface area is 126 Å². The van der Waals surface area contributed by atoms with Crippen LogP contribution in [0.5, 0.6) is 5.75 Å². The Morgan fingerprint density at radius 1 is 1.48 bits per heavy atom. The first-order valence-corrected chi connectivity index (χ1v) is 6.43. The van der Waals surface area contributed by atoms with E-state index in [2.05, 4.69) is 16.9 Å². The van der Waals surface area contributed by atoms with Crippen LogP contribution < -0.4 is 10.1 Å². The van der Waals surface area contributed by atoms with E-state index in [1.54, 1.807) is 18.3 Å². The van der Waals surface area contributed by atoms with Crippen molar-refractivity contribution in [2.24, 2.45) is 0 Å². The lowest BCUT2D eigenvalue weighted by Gasteiger charge is -2.09. The van der Waals surface area contributed by atoms with Gasteiger partial charge in [0.25, 0.3) is 0 Å². The van der Waals surface area contributed by atoms with E-state index in [-0.39, 0.29) is 12.4 Å². The van der Waals surface area contributed by atoms with Crippen LogP contribution in [-0.4, -0.2) is 10.9 Å². The van der Waals surface area contributed by atoms with Crippen LogP contribution in [0.15, 0.2) is 49.2 Å². The number of hydrogen-bond donors (Lipinski definition) is 1. The van der Waals surface area contributed by atoms with E-state index < -0.39 is 11.7 Å². The number of nitrogens with zero attached hydrogens (tertiary/aromatic N) is 1.